The molecule has 5 nitrogen and oxygen atoms in total. The molecule has 2 aromatic rings. The Morgan fingerprint density at radius 2 is 1.83 bits per heavy atom. The van der Waals surface area contributed by atoms with Crippen molar-refractivity contribution >= 4 is 11.9 Å². The van der Waals surface area contributed by atoms with Gasteiger partial charge in [0, 0.05) is 39.1 Å². The molecule has 4 rings (SSSR count). The minimum Gasteiger partial charge on any atom is -0.445 e. The molecule has 1 saturated heterocycles. The maximum absolute atomic E-state index is 13.3. The van der Waals surface area contributed by atoms with Crippen LogP contribution in [0.25, 0.3) is 0 Å². The van der Waals surface area contributed by atoms with Crippen LogP contribution in [0.2, 0.25) is 0 Å². The molecule has 0 aliphatic carbocycles. The molecule has 6 heteroatoms. The third-order valence-corrected chi connectivity index (χ3v) is 5.73. The van der Waals surface area contributed by atoms with Crippen LogP contribution in [-0.4, -0.2) is 53.5 Å². The molecule has 1 atom stereocenters. The Hall–Kier alpha value is -2.73. The van der Waals surface area contributed by atoms with Crippen LogP contribution in [0.3, 0.4) is 0 Å². The predicted molar refractivity (Wildman–Crippen MR) is 107 cm³/mol. The van der Waals surface area contributed by atoms with Gasteiger partial charge in [-0.05, 0) is 42.7 Å². The molecule has 0 N–H and O–H groups in total. The largest absolute Gasteiger partial charge is 0.445 e. The number of benzene rings is 2. The fourth-order valence-electron chi connectivity index (χ4n) is 4.17. The Morgan fingerprint density at radius 3 is 2.62 bits per heavy atom. The van der Waals surface area contributed by atoms with E-state index in [0.29, 0.717) is 25.1 Å². The molecule has 2 aliphatic heterocycles. The van der Waals surface area contributed by atoms with E-state index >= 15 is 0 Å². The molecule has 0 radical (unpaired) electrons. The minimum atomic E-state index is -1.17. The number of fused-ring (bicyclic) bond motifs is 1. The van der Waals surface area contributed by atoms with Crippen molar-refractivity contribution < 1.29 is 18.7 Å². The lowest BCUT2D eigenvalue weighted by Gasteiger charge is -2.37. The number of ether oxygens (including phenoxy) is 1. The zero-order valence-corrected chi connectivity index (χ0v) is 16.6. The molecular weight excluding hydrogens is 371 g/mol. The van der Waals surface area contributed by atoms with Crippen molar-refractivity contribution in [2.75, 3.05) is 26.2 Å². The summed E-state index contributed by atoms with van der Waals surface area (Å²) in [6.07, 6.45) is 1.23. The highest BCUT2D eigenvalue weighted by Crippen LogP contribution is 2.30. The van der Waals surface area contributed by atoms with E-state index < -0.39 is 11.6 Å². The molecule has 29 heavy (non-hydrogen) atoms. The summed E-state index contributed by atoms with van der Waals surface area (Å²) in [6, 6.07) is 13.8. The van der Waals surface area contributed by atoms with Crippen LogP contribution in [0.1, 0.15) is 34.8 Å². The van der Waals surface area contributed by atoms with Gasteiger partial charge in [-0.1, -0.05) is 30.3 Å². The number of carbonyl (C=O) groups excluding carboxylic acids is 2. The van der Waals surface area contributed by atoms with E-state index in [1.54, 1.807) is 31.2 Å². The van der Waals surface area contributed by atoms with Crippen molar-refractivity contribution in [3.63, 3.8) is 0 Å². The highest BCUT2D eigenvalue weighted by Gasteiger charge is 2.44. The average molecular weight is 396 g/mol. The first-order valence-electron chi connectivity index (χ1n) is 10.0. The summed E-state index contributed by atoms with van der Waals surface area (Å²) in [5.41, 5.74) is 1.28. The van der Waals surface area contributed by atoms with Crippen LogP contribution >= 0.6 is 0 Å². The molecule has 0 aromatic heterocycles. The van der Waals surface area contributed by atoms with E-state index in [0.717, 1.165) is 37.2 Å². The first kappa shape index (κ1) is 19.6. The van der Waals surface area contributed by atoms with E-state index in [9.17, 15) is 14.0 Å². The molecule has 152 valence electrons. The van der Waals surface area contributed by atoms with Gasteiger partial charge in [-0.25, -0.2) is 9.18 Å². The van der Waals surface area contributed by atoms with Crippen molar-refractivity contribution in [3.8, 4) is 0 Å². The molecular formula is C23H25FN2O3. The standard InChI is InChI=1S/C23H25FN2O3/c1-23(15-18-5-2-3-6-20(18)21(27)29-23)22(28)26-12-4-11-25(13-14-26)16-17-7-9-19(24)10-8-17/h2-3,5-10H,4,11-16H2,1H3. The van der Waals surface area contributed by atoms with Crippen molar-refractivity contribution in [1.82, 2.24) is 9.80 Å². The average Bonchev–Trinajstić information content (AvgIpc) is 2.94. The van der Waals surface area contributed by atoms with E-state index in [1.807, 2.05) is 17.0 Å². The molecule has 2 aliphatic rings. The lowest BCUT2D eigenvalue weighted by Crippen LogP contribution is -2.53. The lowest BCUT2D eigenvalue weighted by molar-refractivity contribution is -0.151. The third kappa shape index (κ3) is 4.17. The van der Waals surface area contributed by atoms with Gasteiger partial charge in [-0.15, -0.1) is 0 Å². The predicted octanol–water partition coefficient (Wildman–Crippen LogP) is 3.03. The second-order valence-electron chi connectivity index (χ2n) is 8.00. The molecule has 1 amide bonds. The van der Waals surface area contributed by atoms with Crippen LogP contribution in [0.5, 0.6) is 0 Å². The summed E-state index contributed by atoms with van der Waals surface area (Å²) in [5, 5.41) is 0. The summed E-state index contributed by atoms with van der Waals surface area (Å²) in [4.78, 5) is 29.8. The fraction of sp³-hybridized carbons (Fsp3) is 0.391. The summed E-state index contributed by atoms with van der Waals surface area (Å²) < 4.78 is 18.7. The quantitative estimate of drug-likeness (QED) is 0.749. The van der Waals surface area contributed by atoms with Crippen LogP contribution < -0.4 is 0 Å². The van der Waals surface area contributed by atoms with Crippen molar-refractivity contribution in [2.24, 2.45) is 0 Å². The number of hydrogen-bond acceptors (Lipinski definition) is 4. The molecule has 0 saturated carbocycles. The summed E-state index contributed by atoms with van der Waals surface area (Å²) in [5.74, 6) is -0.808. The molecule has 1 fully saturated rings. The van der Waals surface area contributed by atoms with Gasteiger partial charge in [0.25, 0.3) is 5.91 Å². The van der Waals surface area contributed by atoms with Crippen LogP contribution in [0.15, 0.2) is 48.5 Å². The van der Waals surface area contributed by atoms with Gasteiger partial charge in [0.05, 0.1) is 5.56 Å². The number of nitrogens with zero attached hydrogens (tertiary/aromatic N) is 2. The lowest BCUT2D eigenvalue weighted by atomic mass is 9.89. The SMILES string of the molecule is CC1(C(=O)N2CCCN(Cc3ccc(F)cc3)CC2)Cc2ccccc2C(=O)O1. The Balaban J connectivity index is 1.42. The number of hydrogen-bond donors (Lipinski definition) is 0. The van der Waals surface area contributed by atoms with Crippen LogP contribution in [0, 0.1) is 5.82 Å². The molecule has 0 bridgehead atoms. The number of amides is 1. The number of halogens is 1. The van der Waals surface area contributed by atoms with E-state index in [-0.39, 0.29) is 11.7 Å². The van der Waals surface area contributed by atoms with Gasteiger partial charge in [0.15, 0.2) is 5.60 Å². The van der Waals surface area contributed by atoms with Crippen LogP contribution in [0.4, 0.5) is 4.39 Å². The first-order chi connectivity index (χ1) is 13.9. The van der Waals surface area contributed by atoms with Crippen molar-refractivity contribution in [3.05, 3.63) is 71.0 Å². The van der Waals surface area contributed by atoms with Gasteiger partial charge >= 0.3 is 5.97 Å². The van der Waals surface area contributed by atoms with Gasteiger partial charge in [-0.2, -0.15) is 0 Å². The number of carbonyl (C=O) groups is 2. The smallest absolute Gasteiger partial charge is 0.339 e. The molecule has 2 heterocycles. The van der Waals surface area contributed by atoms with Crippen molar-refractivity contribution in [1.29, 1.82) is 0 Å². The number of cyclic esters (lactones) is 1. The Kier molecular flexibility index (Phi) is 5.37. The van der Waals surface area contributed by atoms with Gasteiger partial charge < -0.3 is 9.64 Å². The number of esters is 1. The minimum absolute atomic E-state index is 0.135. The Morgan fingerprint density at radius 1 is 1.07 bits per heavy atom. The highest BCUT2D eigenvalue weighted by molar-refractivity contribution is 5.97. The van der Waals surface area contributed by atoms with E-state index in [1.165, 1.54) is 12.1 Å². The second-order valence-corrected chi connectivity index (χ2v) is 8.00. The summed E-state index contributed by atoms with van der Waals surface area (Å²) >= 11 is 0. The maximum Gasteiger partial charge on any atom is 0.339 e. The molecule has 1 unspecified atom stereocenters. The van der Waals surface area contributed by atoms with Gasteiger partial charge in [-0.3, -0.25) is 9.69 Å². The number of rotatable bonds is 3. The van der Waals surface area contributed by atoms with E-state index in [4.69, 9.17) is 4.74 Å². The Labute approximate surface area is 170 Å². The van der Waals surface area contributed by atoms with Gasteiger partial charge in [0.2, 0.25) is 0 Å². The molecule has 0 spiro atoms. The first-order valence-corrected chi connectivity index (χ1v) is 10.0. The summed E-state index contributed by atoms with van der Waals surface area (Å²) in [6.45, 7) is 5.23. The van der Waals surface area contributed by atoms with Gasteiger partial charge in [0.1, 0.15) is 5.82 Å². The van der Waals surface area contributed by atoms with Crippen LogP contribution in [-0.2, 0) is 22.5 Å². The van der Waals surface area contributed by atoms with Crippen molar-refractivity contribution in [2.45, 2.75) is 31.9 Å². The zero-order valence-electron chi connectivity index (χ0n) is 16.6. The Bertz CT molecular complexity index is 915. The normalized spacial score (nSPS) is 22.6. The molecule has 2 aromatic carbocycles. The fourth-order valence-corrected chi connectivity index (χ4v) is 4.17. The zero-order chi connectivity index (χ0) is 20.4. The monoisotopic (exact) mass is 396 g/mol. The summed E-state index contributed by atoms with van der Waals surface area (Å²) in [7, 11) is 0. The third-order valence-electron chi connectivity index (χ3n) is 5.73. The maximum atomic E-state index is 13.3. The second kappa shape index (κ2) is 7.95. The highest BCUT2D eigenvalue weighted by atomic mass is 19.1. The van der Waals surface area contributed by atoms with E-state index in [2.05, 4.69) is 4.90 Å². The topological polar surface area (TPSA) is 49.9 Å².